The lowest BCUT2D eigenvalue weighted by Crippen LogP contribution is -2.11. The Bertz CT molecular complexity index is 990. The molecule has 0 saturated heterocycles. The van der Waals surface area contributed by atoms with E-state index in [1.54, 1.807) is 6.07 Å². The molecule has 29 heavy (non-hydrogen) atoms. The maximum absolute atomic E-state index is 13.6. The van der Waals surface area contributed by atoms with Crippen molar-refractivity contribution >= 4 is 0 Å². The summed E-state index contributed by atoms with van der Waals surface area (Å²) < 4.78 is 47.8. The number of aromatic nitrogens is 2. The van der Waals surface area contributed by atoms with Gasteiger partial charge < -0.3 is 4.74 Å². The maximum atomic E-state index is 13.6. The highest BCUT2D eigenvalue weighted by atomic mass is 19.4. The van der Waals surface area contributed by atoms with Gasteiger partial charge in [0.25, 0.3) is 0 Å². The van der Waals surface area contributed by atoms with E-state index < -0.39 is 11.7 Å². The molecule has 0 spiro atoms. The van der Waals surface area contributed by atoms with Crippen LogP contribution in [0.25, 0.3) is 5.69 Å². The van der Waals surface area contributed by atoms with Gasteiger partial charge >= 0.3 is 6.18 Å². The first-order chi connectivity index (χ1) is 13.7. The highest BCUT2D eigenvalue weighted by molar-refractivity contribution is 5.46. The van der Waals surface area contributed by atoms with Crippen molar-refractivity contribution in [1.82, 2.24) is 9.78 Å². The van der Waals surface area contributed by atoms with Crippen LogP contribution in [0.15, 0.2) is 48.7 Å². The van der Waals surface area contributed by atoms with Gasteiger partial charge in [0.2, 0.25) is 5.88 Å². The van der Waals surface area contributed by atoms with Crippen LogP contribution in [0.3, 0.4) is 0 Å². The zero-order valence-electron chi connectivity index (χ0n) is 17.0. The SMILES string of the molecule is Cc1ccc(-n2ncc(C(F)(F)F)c2OCc2ccccc2CC(C)C)c(C)c1. The Morgan fingerprint density at radius 2 is 1.72 bits per heavy atom. The van der Waals surface area contributed by atoms with Gasteiger partial charge in [-0.2, -0.15) is 18.3 Å². The van der Waals surface area contributed by atoms with Crippen LogP contribution in [0.1, 0.15) is 41.7 Å². The summed E-state index contributed by atoms with van der Waals surface area (Å²) in [5.41, 5.74) is 3.50. The van der Waals surface area contributed by atoms with Gasteiger partial charge in [0, 0.05) is 0 Å². The van der Waals surface area contributed by atoms with Crippen molar-refractivity contribution < 1.29 is 17.9 Å². The molecule has 1 heterocycles. The first kappa shape index (κ1) is 21.0. The minimum atomic E-state index is -4.55. The molecule has 3 nitrogen and oxygen atoms in total. The molecule has 0 atom stereocenters. The number of hydrogen-bond donors (Lipinski definition) is 0. The average Bonchev–Trinajstić information content (AvgIpc) is 3.04. The van der Waals surface area contributed by atoms with Crippen molar-refractivity contribution in [2.24, 2.45) is 5.92 Å². The van der Waals surface area contributed by atoms with Gasteiger partial charge in [0.15, 0.2) is 0 Å². The predicted octanol–water partition coefficient (Wildman–Crippen LogP) is 6.29. The van der Waals surface area contributed by atoms with E-state index in [0.29, 0.717) is 11.6 Å². The van der Waals surface area contributed by atoms with Gasteiger partial charge in [0.05, 0.1) is 11.9 Å². The van der Waals surface area contributed by atoms with Gasteiger partial charge in [-0.15, -0.1) is 0 Å². The second kappa shape index (κ2) is 8.31. The lowest BCUT2D eigenvalue weighted by molar-refractivity contribution is -0.139. The van der Waals surface area contributed by atoms with Crippen molar-refractivity contribution in [1.29, 1.82) is 0 Å². The second-order valence-corrected chi connectivity index (χ2v) is 7.72. The summed E-state index contributed by atoms with van der Waals surface area (Å²) in [6, 6.07) is 13.2. The summed E-state index contributed by atoms with van der Waals surface area (Å²) in [6.45, 7) is 8.04. The van der Waals surface area contributed by atoms with Crippen LogP contribution in [0.4, 0.5) is 13.2 Å². The number of hydrogen-bond acceptors (Lipinski definition) is 2. The molecule has 0 N–H and O–H groups in total. The summed E-state index contributed by atoms with van der Waals surface area (Å²) in [5.74, 6) is 0.145. The van der Waals surface area contributed by atoms with Crippen LogP contribution in [-0.4, -0.2) is 9.78 Å². The fraction of sp³-hybridized carbons (Fsp3) is 0.348. The third-order valence-corrected chi connectivity index (χ3v) is 4.72. The molecule has 6 heteroatoms. The molecule has 0 radical (unpaired) electrons. The number of aryl methyl sites for hydroxylation is 2. The van der Waals surface area contributed by atoms with Crippen LogP contribution >= 0.6 is 0 Å². The summed E-state index contributed by atoms with van der Waals surface area (Å²) in [7, 11) is 0. The van der Waals surface area contributed by atoms with Crippen molar-refractivity contribution in [2.75, 3.05) is 0 Å². The molecule has 2 aromatic carbocycles. The summed E-state index contributed by atoms with van der Waals surface area (Å²) in [4.78, 5) is 0. The van der Waals surface area contributed by atoms with Crippen molar-refractivity contribution in [3.63, 3.8) is 0 Å². The lowest BCUT2D eigenvalue weighted by atomic mass is 9.98. The van der Waals surface area contributed by atoms with Crippen LogP contribution in [0, 0.1) is 19.8 Å². The third kappa shape index (κ3) is 4.81. The van der Waals surface area contributed by atoms with Crippen LogP contribution in [0.2, 0.25) is 0 Å². The van der Waals surface area contributed by atoms with Gasteiger partial charge in [0.1, 0.15) is 12.2 Å². The van der Waals surface area contributed by atoms with Gasteiger partial charge in [-0.25, -0.2) is 4.68 Å². The fourth-order valence-electron chi connectivity index (χ4n) is 3.37. The highest BCUT2D eigenvalue weighted by Gasteiger charge is 2.38. The van der Waals surface area contributed by atoms with Crippen molar-refractivity contribution in [3.05, 3.63) is 76.5 Å². The van der Waals surface area contributed by atoms with E-state index >= 15 is 0 Å². The zero-order valence-corrected chi connectivity index (χ0v) is 17.0. The van der Waals surface area contributed by atoms with Crippen LogP contribution < -0.4 is 4.74 Å². The molecule has 0 unspecified atom stereocenters. The molecule has 0 aliphatic heterocycles. The molecule has 0 saturated carbocycles. The summed E-state index contributed by atoms with van der Waals surface area (Å²) >= 11 is 0. The molecular weight excluding hydrogens is 377 g/mol. The molecule has 154 valence electrons. The van der Waals surface area contributed by atoms with E-state index in [-0.39, 0.29) is 12.5 Å². The van der Waals surface area contributed by atoms with Gasteiger partial charge in [-0.05, 0) is 48.9 Å². The molecule has 0 bridgehead atoms. The predicted molar refractivity (Wildman–Crippen MR) is 107 cm³/mol. The van der Waals surface area contributed by atoms with E-state index in [9.17, 15) is 13.2 Å². The Morgan fingerprint density at radius 3 is 2.34 bits per heavy atom. The Hall–Kier alpha value is -2.76. The first-order valence-corrected chi connectivity index (χ1v) is 9.59. The smallest absolute Gasteiger partial charge is 0.423 e. The van der Waals surface area contributed by atoms with E-state index in [1.807, 2.05) is 50.2 Å². The molecule has 0 aliphatic rings. The minimum absolute atomic E-state index is 0.0442. The third-order valence-electron chi connectivity index (χ3n) is 4.72. The minimum Gasteiger partial charge on any atom is -0.472 e. The molecule has 3 aromatic rings. The highest BCUT2D eigenvalue weighted by Crippen LogP contribution is 2.38. The number of benzene rings is 2. The molecule has 0 fully saturated rings. The monoisotopic (exact) mass is 402 g/mol. The van der Waals surface area contributed by atoms with Crippen molar-refractivity contribution in [3.8, 4) is 11.6 Å². The molecular formula is C23H25F3N2O. The van der Waals surface area contributed by atoms with Crippen molar-refractivity contribution in [2.45, 2.75) is 46.9 Å². The number of rotatable bonds is 6. The van der Waals surface area contributed by atoms with Crippen LogP contribution in [0.5, 0.6) is 5.88 Å². The van der Waals surface area contributed by atoms with E-state index in [1.165, 1.54) is 4.68 Å². The normalized spacial score (nSPS) is 11.9. The number of halogens is 3. The second-order valence-electron chi connectivity index (χ2n) is 7.72. The average molecular weight is 402 g/mol. The largest absolute Gasteiger partial charge is 0.472 e. The Balaban J connectivity index is 1.99. The number of nitrogens with zero attached hydrogens (tertiary/aromatic N) is 2. The topological polar surface area (TPSA) is 27.1 Å². The van der Waals surface area contributed by atoms with E-state index in [2.05, 4.69) is 18.9 Å². The fourth-order valence-corrected chi connectivity index (χ4v) is 3.37. The molecule has 0 aliphatic carbocycles. The zero-order chi connectivity index (χ0) is 21.2. The molecule has 0 amide bonds. The Kier molecular flexibility index (Phi) is 6.01. The number of ether oxygens (including phenoxy) is 1. The van der Waals surface area contributed by atoms with E-state index in [4.69, 9.17) is 4.74 Å². The van der Waals surface area contributed by atoms with Gasteiger partial charge in [-0.3, -0.25) is 0 Å². The lowest BCUT2D eigenvalue weighted by Gasteiger charge is -2.16. The first-order valence-electron chi connectivity index (χ1n) is 9.59. The molecule has 1 aromatic heterocycles. The maximum Gasteiger partial charge on any atom is 0.423 e. The quantitative estimate of drug-likeness (QED) is 0.485. The number of alkyl halides is 3. The summed E-state index contributed by atoms with van der Waals surface area (Å²) in [5, 5.41) is 4.00. The Labute approximate surface area is 169 Å². The van der Waals surface area contributed by atoms with E-state index in [0.717, 1.165) is 34.9 Å². The molecule has 3 rings (SSSR count). The standard InChI is InChI=1S/C23H25F3N2O/c1-15(2)11-18-7-5-6-8-19(18)14-29-22-20(23(24,25)26)13-27-28(22)21-10-9-16(3)12-17(21)4/h5-10,12-13,15H,11,14H2,1-4H3. The van der Waals surface area contributed by atoms with Gasteiger partial charge in [-0.1, -0.05) is 55.8 Å². The Morgan fingerprint density at radius 1 is 1.03 bits per heavy atom. The van der Waals surface area contributed by atoms with Crippen LogP contribution in [-0.2, 0) is 19.2 Å². The summed E-state index contributed by atoms with van der Waals surface area (Å²) in [6.07, 6.45) is -2.89.